The molecule has 0 bridgehead atoms. The summed E-state index contributed by atoms with van der Waals surface area (Å²) in [7, 11) is -3.72. The number of ether oxygens (including phenoxy) is 1. The Morgan fingerprint density at radius 3 is 2.89 bits per heavy atom. The highest BCUT2D eigenvalue weighted by atomic mass is 79.9. The SMILES string of the molecule is Nc1cc(Br)ccc1S(=O)(=O)N1CCOCC1CO. The first-order chi connectivity index (χ1) is 8.96. The van der Waals surface area contributed by atoms with Crippen molar-refractivity contribution in [3.63, 3.8) is 0 Å². The molecule has 1 aliphatic rings. The van der Waals surface area contributed by atoms with Crippen LogP contribution >= 0.6 is 15.9 Å². The molecule has 1 aromatic carbocycles. The average molecular weight is 351 g/mol. The molecule has 0 aromatic heterocycles. The van der Waals surface area contributed by atoms with Crippen LogP contribution in [0.3, 0.4) is 0 Å². The van der Waals surface area contributed by atoms with Crippen molar-refractivity contribution in [3.8, 4) is 0 Å². The van der Waals surface area contributed by atoms with Gasteiger partial charge in [0.25, 0.3) is 0 Å². The molecule has 1 saturated heterocycles. The number of rotatable bonds is 3. The van der Waals surface area contributed by atoms with Crippen molar-refractivity contribution < 1.29 is 18.3 Å². The fourth-order valence-corrected chi connectivity index (χ4v) is 4.04. The van der Waals surface area contributed by atoms with Crippen LogP contribution in [0.2, 0.25) is 0 Å². The summed E-state index contributed by atoms with van der Waals surface area (Å²) < 4.78 is 32.2. The molecule has 106 valence electrons. The van der Waals surface area contributed by atoms with Gasteiger partial charge in [0.1, 0.15) is 4.90 Å². The van der Waals surface area contributed by atoms with Crippen LogP contribution in [0.5, 0.6) is 0 Å². The number of nitrogens with two attached hydrogens (primary N) is 1. The molecule has 2 rings (SSSR count). The topological polar surface area (TPSA) is 92.9 Å². The van der Waals surface area contributed by atoms with E-state index in [9.17, 15) is 13.5 Å². The summed E-state index contributed by atoms with van der Waals surface area (Å²) >= 11 is 3.24. The third-order valence-electron chi connectivity index (χ3n) is 2.94. The zero-order valence-electron chi connectivity index (χ0n) is 10.1. The van der Waals surface area contributed by atoms with Gasteiger partial charge in [-0.2, -0.15) is 4.31 Å². The zero-order valence-corrected chi connectivity index (χ0v) is 12.5. The summed E-state index contributed by atoms with van der Waals surface area (Å²) in [5.41, 5.74) is 5.95. The summed E-state index contributed by atoms with van der Waals surface area (Å²) in [6, 6.07) is 4.05. The van der Waals surface area contributed by atoms with Gasteiger partial charge in [0.05, 0.1) is 31.5 Å². The second-order valence-corrected chi connectivity index (χ2v) is 6.98. The first kappa shape index (κ1) is 14.7. The molecule has 0 amide bonds. The highest BCUT2D eigenvalue weighted by molar-refractivity contribution is 9.10. The molecule has 1 atom stereocenters. The third kappa shape index (κ3) is 2.92. The first-order valence-electron chi connectivity index (χ1n) is 5.72. The van der Waals surface area contributed by atoms with Crippen LogP contribution < -0.4 is 5.73 Å². The number of benzene rings is 1. The number of nitrogen functional groups attached to an aromatic ring is 1. The van der Waals surface area contributed by atoms with E-state index in [4.69, 9.17) is 10.5 Å². The smallest absolute Gasteiger partial charge is 0.245 e. The minimum absolute atomic E-state index is 0.0519. The summed E-state index contributed by atoms with van der Waals surface area (Å²) in [6.07, 6.45) is 0. The molecule has 1 unspecified atom stereocenters. The monoisotopic (exact) mass is 350 g/mol. The largest absolute Gasteiger partial charge is 0.398 e. The summed E-state index contributed by atoms with van der Waals surface area (Å²) in [5.74, 6) is 0. The predicted molar refractivity (Wildman–Crippen MR) is 74.1 cm³/mol. The standard InChI is InChI=1S/C11H15BrN2O4S/c12-8-1-2-11(10(13)5-8)19(16,17)14-3-4-18-7-9(14)6-15/h1-2,5,9,15H,3-4,6-7,13H2. The lowest BCUT2D eigenvalue weighted by Crippen LogP contribution is -2.50. The van der Waals surface area contributed by atoms with E-state index in [0.717, 1.165) is 0 Å². The normalized spacial score (nSPS) is 21.5. The lowest BCUT2D eigenvalue weighted by atomic mass is 10.3. The quantitative estimate of drug-likeness (QED) is 0.770. The van der Waals surface area contributed by atoms with Gasteiger partial charge in [-0.15, -0.1) is 0 Å². The van der Waals surface area contributed by atoms with E-state index in [2.05, 4.69) is 15.9 Å². The van der Waals surface area contributed by atoms with Crippen LogP contribution in [-0.2, 0) is 14.8 Å². The minimum atomic E-state index is -3.72. The molecule has 1 aromatic rings. The number of halogens is 1. The molecule has 8 heteroatoms. The van der Waals surface area contributed by atoms with E-state index in [1.165, 1.54) is 10.4 Å². The summed E-state index contributed by atoms with van der Waals surface area (Å²) in [5, 5.41) is 9.26. The number of anilines is 1. The fraction of sp³-hybridized carbons (Fsp3) is 0.455. The molecule has 0 saturated carbocycles. The number of morpholine rings is 1. The number of sulfonamides is 1. The zero-order chi connectivity index (χ0) is 14.0. The molecule has 6 nitrogen and oxygen atoms in total. The van der Waals surface area contributed by atoms with Gasteiger partial charge in [0, 0.05) is 11.0 Å². The number of nitrogens with zero attached hydrogens (tertiary/aromatic N) is 1. The molecule has 1 heterocycles. The van der Waals surface area contributed by atoms with Gasteiger partial charge in [0.15, 0.2) is 0 Å². The highest BCUT2D eigenvalue weighted by Gasteiger charge is 2.34. The van der Waals surface area contributed by atoms with E-state index in [0.29, 0.717) is 11.1 Å². The maximum atomic E-state index is 12.6. The molecule has 0 spiro atoms. The first-order valence-corrected chi connectivity index (χ1v) is 7.95. The van der Waals surface area contributed by atoms with E-state index >= 15 is 0 Å². The van der Waals surface area contributed by atoms with E-state index in [-0.39, 0.29) is 30.3 Å². The van der Waals surface area contributed by atoms with Crippen molar-refractivity contribution in [2.75, 3.05) is 32.1 Å². The van der Waals surface area contributed by atoms with Crippen LogP contribution in [0.4, 0.5) is 5.69 Å². The molecule has 1 fully saturated rings. The van der Waals surface area contributed by atoms with E-state index in [1.54, 1.807) is 12.1 Å². The lowest BCUT2D eigenvalue weighted by Gasteiger charge is -2.33. The van der Waals surface area contributed by atoms with Gasteiger partial charge in [-0.3, -0.25) is 0 Å². The fourth-order valence-electron chi connectivity index (χ4n) is 1.98. The molecule has 1 aliphatic heterocycles. The van der Waals surface area contributed by atoms with Crippen molar-refractivity contribution >= 4 is 31.6 Å². The molecule has 3 N–H and O–H groups in total. The lowest BCUT2D eigenvalue weighted by molar-refractivity contribution is 0.0109. The van der Waals surface area contributed by atoms with E-state index < -0.39 is 16.1 Å². The number of aliphatic hydroxyl groups is 1. The Balaban J connectivity index is 2.40. The molecular formula is C11H15BrN2O4S. The maximum absolute atomic E-state index is 12.6. The minimum Gasteiger partial charge on any atom is -0.398 e. The van der Waals surface area contributed by atoms with Crippen molar-refractivity contribution in [2.24, 2.45) is 0 Å². The van der Waals surface area contributed by atoms with Crippen LogP contribution in [-0.4, -0.2) is 50.2 Å². The highest BCUT2D eigenvalue weighted by Crippen LogP contribution is 2.27. The van der Waals surface area contributed by atoms with Gasteiger partial charge in [-0.05, 0) is 18.2 Å². The Kier molecular flexibility index (Phi) is 4.46. The van der Waals surface area contributed by atoms with Gasteiger partial charge in [-0.25, -0.2) is 8.42 Å². The second kappa shape index (κ2) is 5.76. The molecule has 19 heavy (non-hydrogen) atoms. The Morgan fingerprint density at radius 1 is 1.53 bits per heavy atom. The van der Waals surface area contributed by atoms with Crippen molar-refractivity contribution in [3.05, 3.63) is 22.7 Å². The van der Waals surface area contributed by atoms with Gasteiger partial charge < -0.3 is 15.6 Å². The Morgan fingerprint density at radius 2 is 2.26 bits per heavy atom. The number of hydrogen-bond acceptors (Lipinski definition) is 5. The maximum Gasteiger partial charge on any atom is 0.245 e. The van der Waals surface area contributed by atoms with Gasteiger partial charge in [-0.1, -0.05) is 15.9 Å². The van der Waals surface area contributed by atoms with Gasteiger partial charge >= 0.3 is 0 Å². The third-order valence-corrected chi connectivity index (χ3v) is 5.46. The van der Waals surface area contributed by atoms with E-state index in [1.807, 2.05) is 0 Å². The predicted octanol–water partition coefficient (Wildman–Crippen LogP) is 0.413. The summed E-state index contributed by atoms with van der Waals surface area (Å²) in [4.78, 5) is 0.0519. The number of hydrogen-bond donors (Lipinski definition) is 2. The van der Waals surface area contributed by atoms with Crippen LogP contribution in [0.25, 0.3) is 0 Å². The average Bonchev–Trinajstić information content (AvgIpc) is 2.38. The number of aliphatic hydroxyl groups excluding tert-OH is 1. The van der Waals surface area contributed by atoms with Gasteiger partial charge in [0.2, 0.25) is 10.0 Å². The van der Waals surface area contributed by atoms with Crippen LogP contribution in [0.15, 0.2) is 27.6 Å². The Hall–Kier alpha value is -0.670. The summed E-state index contributed by atoms with van der Waals surface area (Å²) in [6.45, 7) is 0.428. The second-order valence-electron chi connectivity index (χ2n) is 4.21. The Bertz CT molecular complexity index is 564. The van der Waals surface area contributed by atoms with Crippen molar-refractivity contribution in [2.45, 2.75) is 10.9 Å². The van der Waals surface area contributed by atoms with Crippen molar-refractivity contribution in [1.29, 1.82) is 0 Å². The molecule has 0 aliphatic carbocycles. The van der Waals surface area contributed by atoms with Crippen molar-refractivity contribution in [1.82, 2.24) is 4.31 Å². The van der Waals surface area contributed by atoms with Crippen LogP contribution in [0.1, 0.15) is 0 Å². The molecule has 0 radical (unpaired) electrons. The van der Waals surface area contributed by atoms with Crippen LogP contribution in [0, 0.1) is 0 Å². The Labute approximate surface area is 120 Å². The molecular weight excluding hydrogens is 336 g/mol.